The minimum absolute atomic E-state index is 0.147. The molecule has 1 aliphatic carbocycles. The molecule has 188 valence electrons. The molecule has 4 heterocycles. The molecule has 0 radical (unpaired) electrons. The summed E-state index contributed by atoms with van der Waals surface area (Å²) < 4.78 is 15.4. The number of hydrogen-bond donors (Lipinski definition) is 2. The van der Waals surface area contributed by atoms with Gasteiger partial charge in [-0.15, -0.1) is 0 Å². The summed E-state index contributed by atoms with van der Waals surface area (Å²) in [7, 11) is 0. The topological polar surface area (TPSA) is 85.0 Å². The van der Waals surface area contributed by atoms with Gasteiger partial charge >= 0.3 is 0 Å². The largest absolute Gasteiger partial charge is 0.369 e. The molecule has 1 spiro atoms. The molecule has 0 aromatic heterocycles. The quantitative estimate of drug-likeness (QED) is 0.631. The summed E-state index contributed by atoms with van der Waals surface area (Å²) in [5.41, 5.74) is 1.82. The van der Waals surface area contributed by atoms with Crippen molar-refractivity contribution in [3.63, 3.8) is 0 Å². The van der Waals surface area contributed by atoms with Gasteiger partial charge in [0.25, 0.3) is 5.91 Å². The molecule has 2 N–H and O–H groups in total. The van der Waals surface area contributed by atoms with Crippen molar-refractivity contribution in [2.24, 2.45) is 5.41 Å². The minimum atomic E-state index is -1.03. The van der Waals surface area contributed by atoms with Gasteiger partial charge in [0, 0.05) is 56.9 Å². The minimum Gasteiger partial charge on any atom is -0.369 e. The van der Waals surface area contributed by atoms with Gasteiger partial charge in [-0.2, -0.15) is 0 Å². The Morgan fingerprint density at radius 3 is 2.49 bits per heavy atom. The van der Waals surface area contributed by atoms with Crippen molar-refractivity contribution < 1.29 is 18.8 Å². The fourth-order valence-electron chi connectivity index (χ4n) is 7.04. The zero-order valence-corrected chi connectivity index (χ0v) is 20.2. The van der Waals surface area contributed by atoms with Gasteiger partial charge in [0.1, 0.15) is 11.7 Å². The maximum absolute atomic E-state index is 15.4. The lowest BCUT2D eigenvalue weighted by molar-refractivity contribution is -0.136. The zero-order valence-electron chi connectivity index (χ0n) is 20.2. The van der Waals surface area contributed by atoms with Gasteiger partial charge in [-0.3, -0.25) is 24.6 Å². The van der Waals surface area contributed by atoms with Crippen LogP contribution in [0.5, 0.6) is 0 Å². The number of rotatable bonds is 4. The van der Waals surface area contributed by atoms with E-state index in [1.165, 1.54) is 0 Å². The molecule has 0 unspecified atom stereocenters. The van der Waals surface area contributed by atoms with E-state index in [1.807, 2.05) is 12.1 Å². The van der Waals surface area contributed by atoms with Crippen molar-refractivity contribution in [1.82, 2.24) is 20.4 Å². The molecule has 0 bridgehead atoms. The number of alkyl halides is 1. The lowest BCUT2D eigenvalue weighted by Crippen LogP contribution is -2.59. The fraction of sp³-hybridized carbons (Fsp3) is 0.654. The van der Waals surface area contributed by atoms with E-state index in [0.717, 1.165) is 63.4 Å². The van der Waals surface area contributed by atoms with Gasteiger partial charge in [-0.25, -0.2) is 4.39 Å². The number of hydrogen-bond acceptors (Lipinski definition) is 6. The zero-order chi connectivity index (χ0) is 24.2. The molecule has 4 fully saturated rings. The molecule has 8 nitrogen and oxygen atoms in total. The molecule has 1 aromatic rings. The van der Waals surface area contributed by atoms with E-state index in [1.54, 1.807) is 4.90 Å². The number of piperidine rings is 2. The van der Waals surface area contributed by atoms with Crippen molar-refractivity contribution >= 4 is 23.4 Å². The second-order valence-corrected chi connectivity index (χ2v) is 11.3. The number of nitrogens with one attached hydrogen (secondary N) is 2. The number of imide groups is 1. The second-order valence-electron chi connectivity index (χ2n) is 11.3. The SMILES string of the molecule is O=C1CC[C@H](N2Cc3cc(N4CCN(CC5(F)CC6(CCNCC6)C5)CC4)ccc3C2=O)C(=O)N1. The van der Waals surface area contributed by atoms with Crippen LogP contribution in [0.15, 0.2) is 18.2 Å². The lowest BCUT2D eigenvalue weighted by Gasteiger charge is -2.55. The highest BCUT2D eigenvalue weighted by Crippen LogP contribution is 2.56. The summed E-state index contributed by atoms with van der Waals surface area (Å²) in [5, 5.41) is 5.74. The van der Waals surface area contributed by atoms with Gasteiger partial charge in [0.05, 0.1) is 0 Å². The lowest BCUT2D eigenvalue weighted by atomic mass is 9.56. The molecule has 35 heavy (non-hydrogen) atoms. The predicted octanol–water partition coefficient (Wildman–Crippen LogP) is 1.44. The molecule has 5 aliphatic rings. The first-order chi connectivity index (χ1) is 16.8. The maximum atomic E-state index is 15.4. The van der Waals surface area contributed by atoms with E-state index < -0.39 is 11.7 Å². The third-order valence-corrected chi connectivity index (χ3v) is 8.80. The van der Waals surface area contributed by atoms with Crippen molar-refractivity contribution in [1.29, 1.82) is 0 Å². The number of nitrogens with zero attached hydrogens (tertiary/aromatic N) is 3. The van der Waals surface area contributed by atoms with Crippen LogP contribution >= 0.6 is 0 Å². The van der Waals surface area contributed by atoms with E-state index in [-0.39, 0.29) is 29.6 Å². The van der Waals surface area contributed by atoms with Gasteiger partial charge < -0.3 is 15.1 Å². The predicted molar refractivity (Wildman–Crippen MR) is 129 cm³/mol. The molecule has 9 heteroatoms. The first-order valence-electron chi connectivity index (χ1n) is 13.0. The van der Waals surface area contributed by atoms with E-state index in [9.17, 15) is 14.4 Å². The number of carbonyl (C=O) groups excluding carboxylic acids is 3. The van der Waals surface area contributed by atoms with Crippen LogP contribution < -0.4 is 15.5 Å². The van der Waals surface area contributed by atoms with E-state index >= 15 is 4.39 Å². The Labute approximate surface area is 205 Å². The van der Waals surface area contributed by atoms with E-state index in [2.05, 4.69) is 26.5 Å². The number of anilines is 1. The van der Waals surface area contributed by atoms with Crippen LogP contribution in [0.1, 0.15) is 54.4 Å². The Hall–Kier alpha value is -2.52. The van der Waals surface area contributed by atoms with Gasteiger partial charge in [0.15, 0.2) is 0 Å². The van der Waals surface area contributed by atoms with Crippen LogP contribution in [-0.2, 0) is 16.1 Å². The second kappa shape index (κ2) is 8.55. The summed E-state index contributed by atoms with van der Waals surface area (Å²) in [5.74, 6) is -0.813. The van der Waals surface area contributed by atoms with Crippen LogP contribution in [-0.4, -0.2) is 85.0 Å². The Bertz CT molecular complexity index is 1040. The van der Waals surface area contributed by atoms with Gasteiger partial charge in [-0.1, -0.05) is 0 Å². The average molecular weight is 484 g/mol. The first kappa shape index (κ1) is 22.9. The van der Waals surface area contributed by atoms with Crippen molar-refractivity contribution in [3.05, 3.63) is 29.3 Å². The molecule has 1 aromatic carbocycles. The third kappa shape index (κ3) is 4.22. The third-order valence-electron chi connectivity index (χ3n) is 8.80. The smallest absolute Gasteiger partial charge is 0.255 e. The Morgan fingerprint density at radius 2 is 1.77 bits per heavy atom. The number of carbonyl (C=O) groups is 3. The number of amides is 3. The summed E-state index contributed by atoms with van der Waals surface area (Å²) in [6, 6.07) is 5.29. The number of fused-ring (bicyclic) bond motifs is 1. The molecule has 3 saturated heterocycles. The molecule has 1 atom stereocenters. The van der Waals surface area contributed by atoms with Crippen LogP contribution in [0.3, 0.4) is 0 Å². The monoisotopic (exact) mass is 483 g/mol. The molecular weight excluding hydrogens is 449 g/mol. The molecule has 6 rings (SSSR count). The van der Waals surface area contributed by atoms with Gasteiger partial charge in [-0.05, 0) is 74.4 Å². The number of piperazine rings is 1. The fourth-order valence-corrected chi connectivity index (χ4v) is 7.04. The number of halogens is 1. The normalized spacial score (nSPS) is 28.1. The highest BCUT2D eigenvalue weighted by molar-refractivity contribution is 6.05. The highest BCUT2D eigenvalue weighted by atomic mass is 19.1. The van der Waals surface area contributed by atoms with Crippen molar-refractivity contribution in [2.75, 3.05) is 50.7 Å². The van der Waals surface area contributed by atoms with Crippen molar-refractivity contribution in [3.8, 4) is 0 Å². The number of benzene rings is 1. The van der Waals surface area contributed by atoms with Crippen LogP contribution in [0.2, 0.25) is 0 Å². The van der Waals surface area contributed by atoms with Gasteiger partial charge in [0.2, 0.25) is 11.8 Å². The maximum Gasteiger partial charge on any atom is 0.255 e. The summed E-state index contributed by atoms with van der Waals surface area (Å²) in [4.78, 5) is 42.8. The van der Waals surface area contributed by atoms with E-state index in [4.69, 9.17) is 0 Å². The Balaban J connectivity index is 1.05. The molecular formula is C26H34FN5O3. The van der Waals surface area contributed by atoms with Crippen molar-refractivity contribution in [2.45, 2.75) is 56.8 Å². The Kier molecular flexibility index (Phi) is 5.60. The standard InChI is InChI=1S/C26H34FN5O3/c27-26(15-25(16-26)5-7-28-8-6-25)17-30-9-11-31(12-10-30)19-1-2-20-18(13-19)14-32(24(20)35)21-3-4-22(33)29-23(21)34/h1-2,13,21,28H,3-12,14-17H2,(H,29,33,34)/t21-/m0/s1. The molecule has 3 amide bonds. The van der Waals surface area contributed by atoms with Crippen LogP contribution in [0.25, 0.3) is 0 Å². The summed E-state index contributed by atoms with van der Waals surface area (Å²) >= 11 is 0. The van der Waals surface area contributed by atoms with E-state index in [0.29, 0.717) is 37.9 Å². The highest BCUT2D eigenvalue weighted by Gasteiger charge is 2.55. The summed E-state index contributed by atoms with van der Waals surface area (Å²) in [6.07, 6.45) is 4.26. The average Bonchev–Trinajstić information content (AvgIpc) is 3.14. The molecule has 4 aliphatic heterocycles. The first-order valence-corrected chi connectivity index (χ1v) is 13.0. The Morgan fingerprint density at radius 1 is 1.03 bits per heavy atom. The van der Waals surface area contributed by atoms with Crippen LogP contribution in [0.4, 0.5) is 10.1 Å². The summed E-state index contributed by atoms with van der Waals surface area (Å²) in [6.45, 7) is 6.28. The van der Waals surface area contributed by atoms with Crippen LogP contribution in [0, 0.1) is 5.41 Å². The molecule has 1 saturated carbocycles.